The van der Waals surface area contributed by atoms with Gasteiger partial charge in [0.15, 0.2) is 6.19 Å². The van der Waals surface area contributed by atoms with Crippen molar-refractivity contribution in [2.24, 2.45) is 11.8 Å². The first kappa shape index (κ1) is 20.4. The number of hydrogen-bond donors (Lipinski definition) is 0. The van der Waals surface area contributed by atoms with E-state index in [1.807, 2.05) is 0 Å². The van der Waals surface area contributed by atoms with Gasteiger partial charge in [0.2, 0.25) is 0 Å². The number of halogens is 10. The molecule has 1 aliphatic heterocycles. The molecule has 23 heavy (non-hydrogen) atoms. The first-order valence-corrected chi connectivity index (χ1v) is 7.64. The van der Waals surface area contributed by atoms with E-state index in [4.69, 9.17) is 5.26 Å². The average molecular weight is 468 g/mol. The lowest BCUT2D eigenvalue weighted by molar-refractivity contribution is -0.397. The van der Waals surface area contributed by atoms with Gasteiger partial charge in [-0.25, -0.2) is 0 Å². The summed E-state index contributed by atoms with van der Waals surface area (Å²) in [7, 11) is 0. The van der Waals surface area contributed by atoms with Crippen LogP contribution in [0, 0.1) is 23.3 Å². The number of nitriles is 1. The van der Waals surface area contributed by atoms with Crippen LogP contribution < -0.4 is 0 Å². The van der Waals surface area contributed by atoms with Crippen LogP contribution in [0.4, 0.5) is 39.5 Å². The van der Waals surface area contributed by atoms with Gasteiger partial charge < -0.3 is 4.90 Å². The van der Waals surface area contributed by atoms with Gasteiger partial charge in [0.25, 0.3) is 0 Å². The standard InChI is InChI=1S/C11H10F9IN2/c12-8(13,9(14,15)10(16,17)11(18,19)20)1-6-3-23(5-22)4-7(6)2-21/h6-7H,1-4H2. The molecular formula is C11H10F9IN2. The summed E-state index contributed by atoms with van der Waals surface area (Å²) in [4.78, 5) is 0.976. The van der Waals surface area contributed by atoms with Crippen molar-refractivity contribution < 1.29 is 39.5 Å². The van der Waals surface area contributed by atoms with E-state index >= 15 is 0 Å². The summed E-state index contributed by atoms with van der Waals surface area (Å²) in [6, 6.07) is 0. The van der Waals surface area contributed by atoms with Crippen LogP contribution in [0.15, 0.2) is 0 Å². The lowest BCUT2D eigenvalue weighted by atomic mass is 9.88. The first-order valence-electron chi connectivity index (χ1n) is 6.12. The van der Waals surface area contributed by atoms with E-state index in [0.717, 1.165) is 4.90 Å². The Kier molecular flexibility index (Phi) is 5.65. The fraction of sp³-hybridized carbons (Fsp3) is 0.909. The van der Waals surface area contributed by atoms with Crippen molar-refractivity contribution in [1.29, 1.82) is 5.26 Å². The van der Waals surface area contributed by atoms with Crippen LogP contribution in [-0.4, -0.2) is 46.4 Å². The smallest absolute Gasteiger partial charge is 0.310 e. The predicted octanol–water partition coefficient (Wildman–Crippen LogP) is 4.31. The molecule has 2 atom stereocenters. The molecule has 2 unspecified atom stereocenters. The van der Waals surface area contributed by atoms with Crippen molar-refractivity contribution >= 4 is 22.6 Å². The molecule has 0 N–H and O–H groups in total. The maximum absolute atomic E-state index is 13.6. The van der Waals surface area contributed by atoms with Crippen LogP contribution in [-0.2, 0) is 0 Å². The van der Waals surface area contributed by atoms with E-state index in [2.05, 4.69) is 0 Å². The molecule has 0 amide bonds. The second kappa shape index (κ2) is 6.36. The summed E-state index contributed by atoms with van der Waals surface area (Å²) in [5.41, 5.74) is 0. The molecule has 0 spiro atoms. The Bertz CT molecular complexity index is 471. The highest BCUT2D eigenvalue weighted by molar-refractivity contribution is 14.1. The number of hydrogen-bond acceptors (Lipinski definition) is 2. The van der Waals surface area contributed by atoms with Gasteiger partial charge in [-0.2, -0.15) is 44.8 Å². The third-order valence-electron chi connectivity index (χ3n) is 3.64. The summed E-state index contributed by atoms with van der Waals surface area (Å²) in [5.74, 6) is -21.0. The second-order valence-corrected chi connectivity index (χ2v) is 6.12. The lowest BCUT2D eigenvalue weighted by Crippen LogP contribution is -2.61. The van der Waals surface area contributed by atoms with Crippen molar-refractivity contribution in [1.82, 2.24) is 4.90 Å². The third-order valence-corrected chi connectivity index (χ3v) is 4.78. The van der Waals surface area contributed by atoms with E-state index in [1.54, 1.807) is 28.8 Å². The summed E-state index contributed by atoms with van der Waals surface area (Å²) >= 11 is 1.74. The third kappa shape index (κ3) is 3.58. The molecule has 1 saturated heterocycles. The molecule has 0 aromatic heterocycles. The van der Waals surface area contributed by atoms with Crippen LogP contribution in [0.5, 0.6) is 0 Å². The molecule has 0 bridgehead atoms. The van der Waals surface area contributed by atoms with Crippen LogP contribution in [0.25, 0.3) is 0 Å². The fourth-order valence-corrected chi connectivity index (χ4v) is 3.29. The summed E-state index contributed by atoms with van der Waals surface area (Å²) < 4.78 is 115. The Hall–Kier alpha value is -0.610. The number of alkyl halides is 10. The zero-order valence-corrected chi connectivity index (χ0v) is 13.3. The van der Waals surface area contributed by atoms with Gasteiger partial charge in [0.1, 0.15) is 0 Å². The predicted molar refractivity (Wildman–Crippen MR) is 68.6 cm³/mol. The molecule has 0 radical (unpaired) electrons. The largest absolute Gasteiger partial charge is 0.460 e. The van der Waals surface area contributed by atoms with Crippen molar-refractivity contribution in [2.45, 2.75) is 30.4 Å². The quantitative estimate of drug-likeness (QED) is 0.261. The topological polar surface area (TPSA) is 27.0 Å². The molecule has 134 valence electrons. The Morgan fingerprint density at radius 1 is 0.913 bits per heavy atom. The summed E-state index contributed by atoms with van der Waals surface area (Å²) in [6.07, 6.45) is -7.07. The second-order valence-electron chi connectivity index (χ2n) is 5.23. The summed E-state index contributed by atoms with van der Waals surface area (Å²) in [5, 5.41) is 8.66. The van der Waals surface area contributed by atoms with E-state index in [9.17, 15) is 39.5 Å². The molecule has 1 fully saturated rings. The zero-order chi connectivity index (χ0) is 18.3. The molecule has 2 nitrogen and oxygen atoms in total. The van der Waals surface area contributed by atoms with Crippen molar-refractivity contribution in [3.05, 3.63) is 0 Å². The van der Waals surface area contributed by atoms with E-state index in [0.29, 0.717) is 0 Å². The number of rotatable bonds is 5. The molecule has 12 heteroatoms. The number of likely N-dealkylation sites (tertiary alicyclic amines) is 1. The SMILES string of the molecule is N#CN1CC(CI)C(CC(F)(F)C(F)(F)C(F)(F)C(F)(F)F)C1. The molecular weight excluding hydrogens is 458 g/mol. The van der Waals surface area contributed by atoms with E-state index in [-0.39, 0.29) is 11.0 Å². The Labute approximate surface area is 138 Å². The Morgan fingerprint density at radius 2 is 1.39 bits per heavy atom. The minimum absolute atomic E-state index is 0.0403. The van der Waals surface area contributed by atoms with Gasteiger partial charge in [0, 0.05) is 23.9 Å². The molecule has 0 aliphatic carbocycles. The van der Waals surface area contributed by atoms with Crippen LogP contribution in [0.3, 0.4) is 0 Å². The van der Waals surface area contributed by atoms with Gasteiger partial charge in [-0.1, -0.05) is 22.6 Å². The van der Waals surface area contributed by atoms with Gasteiger partial charge >= 0.3 is 23.9 Å². The molecule has 1 aliphatic rings. The lowest BCUT2D eigenvalue weighted by Gasteiger charge is -2.35. The molecule has 0 aromatic carbocycles. The maximum Gasteiger partial charge on any atom is 0.460 e. The van der Waals surface area contributed by atoms with Crippen molar-refractivity contribution in [3.63, 3.8) is 0 Å². The maximum atomic E-state index is 13.6. The van der Waals surface area contributed by atoms with Gasteiger partial charge in [-0.3, -0.25) is 0 Å². The Morgan fingerprint density at radius 3 is 1.78 bits per heavy atom. The van der Waals surface area contributed by atoms with Gasteiger partial charge in [-0.05, 0) is 11.8 Å². The first-order chi connectivity index (χ1) is 10.2. The highest BCUT2D eigenvalue weighted by atomic mass is 127. The molecule has 1 rings (SSSR count). The van der Waals surface area contributed by atoms with Crippen molar-refractivity contribution in [2.75, 3.05) is 17.5 Å². The van der Waals surface area contributed by atoms with Crippen LogP contribution in [0.2, 0.25) is 0 Å². The van der Waals surface area contributed by atoms with Crippen LogP contribution >= 0.6 is 22.6 Å². The highest BCUT2D eigenvalue weighted by Gasteiger charge is 2.81. The fourth-order valence-electron chi connectivity index (χ4n) is 2.29. The van der Waals surface area contributed by atoms with E-state index < -0.39 is 48.7 Å². The molecule has 1 heterocycles. The molecule has 0 saturated carbocycles. The van der Waals surface area contributed by atoms with Crippen molar-refractivity contribution in [3.8, 4) is 6.19 Å². The monoisotopic (exact) mass is 468 g/mol. The Balaban J connectivity index is 3.04. The zero-order valence-electron chi connectivity index (χ0n) is 11.2. The van der Waals surface area contributed by atoms with Gasteiger partial charge in [0.05, 0.1) is 0 Å². The molecule has 0 aromatic rings. The number of nitrogens with zero attached hydrogens (tertiary/aromatic N) is 2. The highest BCUT2D eigenvalue weighted by Crippen LogP contribution is 2.55. The minimum Gasteiger partial charge on any atom is -0.310 e. The average Bonchev–Trinajstić information content (AvgIpc) is 2.78. The van der Waals surface area contributed by atoms with Gasteiger partial charge in [-0.15, -0.1) is 0 Å². The van der Waals surface area contributed by atoms with Crippen LogP contribution in [0.1, 0.15) is 6.42 Å². The van der Waals surface area contributed by atoms with E-state index in [1.165, 1.54) is 0 Å². The minimum atomic E-state index is -6.86. The normalized spacial score (nSPS) is 24.0. The summed E-state index contributed by atoms with van der Waals surface area (Å²) in [6.45, 7) is -0.436.